The molecule has 0 saturated heterocycles. The minimum Gasteiger partial charge on any atom is -0.369 e. The summed E-state index contributed by atoms with van der Waals surface area (Å²) in [5, 5.41) is 0.0950. The fourth-order valence-corrected chi connectivity index (χ4v) is 1.81. The van der Waals surface area contributed by atoms with Gasteiger partial charge in [0.15, 0.2) is 0 Å². The van der Waals surface area contributed by atoms with Gasteiger partial charge in [-0.1, -0.05) is 17.7 Å². The lowest BCUT2D eigenvalue weighted by molar-refractivity contribution is -0.119. The maximum atomic E-state index is 12.8. The molecule has 0 aliphatic heterocycles. The first-order valence-corrected chi connectivity index (χ1v) is 4.71. The first-order chi connectivity index (χ1) is 6.59. The van der Waals surface area contributed by atoms with Crippen molar-refractivity contribution >= 4 is 17.5 Å². The Morgan fingerprint density at radius 1 is 1.57 bits per heavy atom. The van der Waals surface area contributed by atoms with Crippen LogP contribution in [-0.2, 0) is 4.79 Å². The Labute approximate surface area is 85.9 Å². The summed E-state index contributed by atoms with van der Waals surface area (Å²) in [6.07, 6.45) is 0.747. The Kier molecular flexibility index (Phi) is 2.19. The van der Waals surface area contributed by atoms with Crippen LogP contribution < -0.4 is 5.73 Å². The molecule has 2 nitrogen and oxygen atoms in total. The number of carbonyl (C=O) groups excluding carboxylic acids is 1. The second kappa shape index (κ2) is 3.24. The first-order valence-electron chi connectivity index (χ1n) is 4.34. The number of carbonyl (C=O) groups is 1. The van der Waals surface area contributed by atoms with E-state index in [1.54, 1.807) is 12.1 Å². The van der Waals surface area contributed by atoms with Crippen molar-refractivity contribution in [2.24, 2.45) is 11.7 Å². The van der Waals surface area contributed by atoms with E-state index in [0.29, 0.717) is 0 Å². The molecule has 1 amide bonds. The number of rotatable bonds is 2. The highest BCUT2D eigenvalue weighted by molar-refractivity contribution is 6.30. The second-order valence-electron chi connectivity index (χ2n) is 3.52. The summed E-state index contributed by atoms with van der Waals surface area (Å²) in [6, 6.07) is 4.52. The molecule has 2 rings (SSSR count). The van der Waals surface area contributed by atoms with Crippen LogP contribution in [0.15, 0.2) is 18.2 Å². The summed E-state index contributed by atoms with van der Waals surface area (Å²) < 4.78 is 12.8. The van der Waals surface area contributed by atoms with Gasteiger partial charge in [0.25, 0.3) is 0 Å². The van der Waals surface area contributed by atoms with Crippen LogP contribution in [0.25, 0.3) is 0 Å². The van der Waals surface area contributed by atoms with Gasteiger partial charge in [0, 0.05) is 5.92 Å². The maximum absolute atomic E-state index is 12.8. The number of hydrogen-bond acceptors (Lipinski definition) is 1. The molecule has 2 N–H and O–H groups in total. The molecule has 1 aliphatic rings. The van der Waals surface area contributed by atoms with Crippen LogP contribution in [0.4, 0.5) is 4.39 Å². The third-order valence-corrected chi connectivity index (χ3v) is 2.82. The van der Waals surface area contributed by atoms with Gasteiger partial charge >= 0.3 is 0 Å². The van der Waals surface area contributed by atoms with E-state index in [1.165, 1.54) is 6.07 Å². The predicted octanol–water partition coefficient (Wildman–Crippen LogP) is 2.07. The van der Waals surface area contributed by atoms with Crippen LogP contribution in [0.5, 0.6) is 0 Å². The van der Waals surface area contributed by atoms with E-state index in [-0.39, 0.29) is 22.8 Å². The van der Waals surface area contributed by atoms with Gasteiger partial charge in [0.1, 0.15) is 5.82 Å². The molecule has 1 fully saturated rings. The van der Waals surface area contributed by atoms with E-state index in [1.807, 2.05) is 0 Å². The van der Waals surface area contributed by atoms with Crippen LogP contribution in [0.2, 0.25) is 5.02 Å². The monoisotopic (exact) mass is 213 g/mol. The van der Waals surface area contributed by atoms with Crippen LogP contribution in [0.1, 0.15) is 17.9 Å². The molecular formula is C10H9ClFNO. The molecule has 1 saturated carbocycles. The topological polar surface area (TPSA) is 43.1 Å². The first kappa shape index (κ1) is 9.46. The minimum absolute atomic E-state index is 0.0950. The van der Waals surface area contributed by atoms with Crippen LogP contribution in [-0.4, -0.2) is 5.91 Å². The summed E-state index contributed by atoms with van der Waals surface area (Å²) >= 11 is 5.62. The molecule has 1 aromatic rings. The summed E-state index contributed by atoms with van der Waals surface area (Å²) in [5.74, 6) is -0.704. The fourth-order valence-electron chi connectivity index (χ4n) is 1.62. The molecule has 0 aromatic heterocycles. The molecule has 4 heteroatoms. The number of nitrogens with two attached hydrogens (primary N) is 1. The standard InChI is InChI=1S/C10H9ClFNO/c11-8-3-5(1-2-9(8)12)6-4-7(6)10(13)14/h1-3,6-7H,4H2,(H2,13,14). The van der Waals surface area contributed by atoms with Crippen LogP contribution >= 0.6 is 11.6 Å². The van der Waals surface area contributed by atoms with E-state index in [0.717, 1.165) is 12.0 Å². The van der Waals surface area contributed by atoms with Crippen molar-refractivity contribution in [2.75, 3.05) is 0 Å². The molecule has 0 radical (unpaired) electrons. The van der Waals surface area contributed by atoms with Crippen molar-refractivity contribution in [3.63, 3.8) is 0 Å². The highest BCUT2D eigenvalue weighted by atomic mass is 35.5. The quantitative estimate of drug-likeness (QED) is 0.803. The van der Waals surface area contributed by atoms with Crippen molar-refractivity contribution in [3.8, 4) is 0 Å². The SMILES string of the molecule is NC(=O)C1CC1c1ccc(F)c(Cl)c1. The van der Waals surface area contributed by atoms with Gasteiger partial charge in [-0.2, -0.15) is 0 Å². The lowest BCUT2D eigenvalue weighted by atomic mass is 10.1. The molecule has 1 aliphatic carbocycles. The Hall–Kier alpha value is -1.09. The molecular weight excluding hydrogens is 205 g/mol. The summed E-state index contributed by atoms with van der Waals surface area (Å²) in [4.78, 5) is 10.8. The summed E-state index contributed by atoms with van der Waals surface area (Å²) in [7, 11) is 0. The fraction of sp³-hybridized carbons (Fsp3) is 0.300. The smallest absolute Gasteiger partial charge is 0.221 e. The second-order valence-corrected chi connectivity index (χ2v) is 3.93. The van der Waals surface area contributed by atoms with Crippen LogP contribution in [0, 0.1) is 11.7 Å². The van der Waals surface area contributed by atoms with Crippen molar-refractivity contribution in [2.45, 2.75) is 12.3 Å². The normalized spacial score (nSPS) is 24.7. The molecule has 0 bridgehead atoms. The van der Waals surface area contributed by atoms with Gasteiger partial charge in [-0.05, 0) is 30.0 Å². The Morgan fingerprint density at radius 2 is 2.29 bits per heavy atom. The number of amides is 1. The minimum atomic E-state index is -0.438. The van der Waals surface area contributed by atoms with E-state index in [9.17, 15) is 9.18 Å². The lowest BCUT2D eigenvalue weighted by Gasteiger charge is -2.00. The van der Waals surface area contributed by atoms with Gasteiger partial charge in [0.05, 0.1) is 5.02 Å². The Morgan fingerprint density at radius 3 is 2.79 bits per heavy atom. The molecule has 2 unspecified atom stereocenters. The highest BCUT2D eigenvalue weighted by Crippen LogP contribution is 2.47. The predicted molar refractivity (Wildman–Crippen MR) is 51.5 cm³/mol. The highest BCUT2D eigenvalue weighted by Gasteiger charge is 2.42. The van der Waals surface area contributed by atoms with Gasteiger partial charge < -0.3 is 5.73 Å². The molecule has 74 valence electrons. The van der Waals surface area contributed by atoms with E-state index >= 15 is 0 Å². The zero-order chi connectivity index (χ0) is 10.3. The van der Waals surface area contributed by atoms with Gasteiger partial charge in [-0.15, -0.1) is 0 Å². The molecule has 0 spiro atoms. The number of halogens is 2. The number of benzene rings is 1. The van der Waals surface area contributed by atoms with E-state index in [4.69, 9.17) is 17.3 Å². The molecule has 1 aromatic carbocycles. The number of hydrogen-bond donors (Lipinski definition) is 1. The van der Waals surface area contributed by atoms with Crippen molar-refractivity contribution in [1.82, 2.24) is 0 Å². The van der Waals surface area contributed by atoms with Gasteiger partial charge in [0.2, 0.25) is 5.91 Å². The summed E-state index contributed by atoms with van der Waals surface area (Å²) in [6.45, 7) is 0. The van der Waals surface area contributed by atoms with Gasteiger partial charge in [-0.3, -0.25) is 4.79 Å². The average Bonchev–Trinajstić information content (AvgIpc) is 2.89. The van der Waals surface area contributed by atoms with Crippen molar-refractivity contribution in [3.05, 3.63) is 34.6 Å². The van der Waals surface area contributed by atoms with Crippen molar-refractivity contribution < 1.29 is 9.18 Å². The van der Waals surface area contributed by atoms with Crippen LogP contribution in [0.3, 0.4) is 0 Å². The molecule has 2 atom stereocenters. The molecule has 0 heterocycles. The van der Waals surface area contributed by atoms with Crippen molar-refractivity contribution in [1.29, 1.82) is 0 Å². The third kappa shape index (κ3) is 1.60. The maximum Gasteiger partial charge on any atom is 0.221 e. The van der Waals surface area contributed by atoms with E-state index < -0.39 is 5.82 Å². The Balaban J connectivity index is 2.20. The number of primary amides is 1. The van der Waals surface area contributed by atoms with Gasteiger partial charge in [-0.25, -0.2) is 4.39 Å². The zero-order valence-corrected chi connectivity index (χ0v) is 8.09. The Bertz CT molecular complexity index is 394. The summed E-state index contributed by atoms with van der Waals surface area (Å²) in [5.41, 5.74) is 6.04. The largest absolute Gasteiger partial charge is 0.369 e. The average molecular weight is 214 g/mol. The van der Waals surface area contributed by atoms with E-state index in [2.05, 4.69) is 0 Å². The molecule has 14 heavy (non-hydrogen) atoms. The third-order valence-electron chi connectivity index (χ3n) is 2.53. The lowest BCUT2D eigenvalue weighted by Crippen LogP contribution is -2.13. The zero-order valence-electron chi connectivity index (χ0n) is 7.34.